The Kier molecular flexibility index (Phi) is 3.70. The van der Waals surface area contributed by atoms with Gasteiger partial charge < -0.3 is 10.5 Å². The van der Waals surface area contributed by atoms with Crippen LogP contribution in [0.5, 0.6) is 0 Å². The average molecular weight is 241 g/mol. The molecule has 1 amide bonds. The molecule has 1 rings (SSSR count). The maximum Gasteiger partial charge on any atom is 0.324 e. The molecule has 5 heteroatoms. The molecule has 1 aromatic rings. The summed E-state index contributed by atoms with van der Waals surface area (Å²) >= 11 is 1.31. The molecule has 1 aromatic heterocycles. The summed E-state index contributed by atoms with van der Waals surface area (Å²) in [5, 5.41) is 1.79. The third kappa shape index (κ3) is 3.34. The van der Waals surface area contributed by atoms with Gasteiger partial charge in [0, 0.05) is 4.88 Å². The molecule has 0 aromatic carbocycles. The lowest BCUT2D eigenvalue weighted by atomic mass is 10.1. The van der Waals surface area contributed by atoms with Crippen molar-refractivity contribution in [1.29, 1.82) is 0 Å². The molecule has 0 radical (unpaired) electrons. The van der Waals surface area contributed by atoms with Crippen molar-refractivity contribution in [3.8, 4) is 0 Å². The first kappa shape index (κ1) is 12.7. The van der Waals surface area contributed by atoms with Gasteiger partial charge in [0.1, 0.15) is 5.60 Å². The smallest absolute Gasteiger partial charge is 0.324 e. The predicted octanol–water partition coefficient (Wildman–Crippen LogP) is 1.66. The summed E-state index contributed by atoms with van der Waals surface area (Å²) in [6.45, 7) is 5.24. The molecule has 0 aliphatic rings. The molecular weight excluding hydrogens is 226 g/mol. The Balaban J connectivity index is 2.88. The standard InChI is InChI=1S/C11H15NO3S/c1-11(2,3)15-10(14)8(9(12)13)7-5-4-6-16-7/h4-6,8H,1-3H3,(H2,12,13). The number of nitrogens with two attached hydrogens (primary N) is 1. The second kappa shape index (κ2) is 4.65. The molecule has 1 unspecified atom stereocenters. The van der Waals surface area contributed by atoms with Crippen molar-refractivity contribution < 1.29 is 14.3 Å². The van der Waals surface area contributed by atoms with Crippen LogP contribution in [0.4, 0.5) is 0 Å². The monoisotopic (exact) mass is 241 g/mol. The molecular formula is C11H15NO3S. The van der Waals surface area contributed by atoms with Crippen molar-refractivity contribution in [2.75, 3.05) is 0 Å². The fraction of sp³-hybridized carbons (Fsp3) is 0.455. The molecule has 1 atom stereocenters. The summed E-state index contributed by atoms with van der Waals surface area (Å²) in [5.74, 6) is -2.28. The van der Waals surface area contributed by atoms with E-state index in [1.165, 1.54) is 11.3 Å². The molecule has 0 aliphatic carbocycles. The zero-order valence-corrected chi connectivity index (χ0v) is 10.3. The minimum absolute atomic E-state index is 0.595. The van der Waals surface area contributed by atoms with Crippen molar-refractivity contribution in [2.24, 2.45) is 5.73 Å². The average Bonchev–Trinajstić information content (AvgIpc) is 2.52. The summed E-state index contributed by atoms with van der Waals surface area (Å²) < 4.78 is 5.15. The number of rotatable bonds is 3. The van der Waals surface area contributed by atoms with Crippen LogP contribution in [0.3, 0.4) is 0 Å². The molecule has 4 nitrogen and oxygen atoms in total. The van der Waals surface area contributed by atoms with E-state index < -0.39 is 23.4 Å². The van der Waals surface area contributed by atoms with E-state index in [1.54, 1.807) is 38.3 Å². The minimum atomic E-state index is -1.00. The number of carbonyl (C=O) groups excluding carboxylic acids is 2. The number of thiophene rings is 1. The molecule has 88 valence electrons. The van der Waals surface area contributed by atoms with E-state index in [-0.39, 0.29) is 0 Å². The van der Waals surface area contributed by atoms with Gasteiger partial charge in [-0.3, -0.25) is 9.59 Å². The maximum atomic E-state index is 11.8. The van der Waals surface area contributed by atoms with Crippen LogP contribution >= 0.6 is 11.3 Å². The Morgan fingerprint density at radius 1 is 1.44 bits per heavy atom. The van der Waals surface area contributed by atoms with E-state index in [9.17, 15) is 9.59 Å². The molecule has 0 aliphatic heterocycles. The van der Waals surface area contributed by atoms with Crippen LogP contribution in [0.1, 0.15) is 31.6 Å². The van der Waals surface area contributed by atoms with E-state index in [4.69, 9.17) is 10.5 Å². The Morgan fingerprint density at radius 2 is 2.06 bits per heavy atom. The number of esters is 1. The summed E-state index contributed by atoms with van der Waals surface area (Å²) in [5.41, 5.74) is 4.59. The lowest BCUT2D eigenvalue weighted by Crippen LogP contribution is -2.34. The van der Waals surface area contributed by atoms with Gasteiger partial charge in [-0.15, -0.1) is 11.3 Å². The number of hydrogen-bond acceptors (Lipinski definition) is 4. The lowest BCUT2D eigenvalue weighted by Gasteiger charge is -2.22. The summed E-state index contributed by atoms with van der Waals surface area (Å²) in [4.78, 5) is 23.6. The SMILES string of the molecule is CC(C)(C)OC(=O)C(C(N)=O)c1cccs1. The third-order valence-corrected chi connectivity index (χ3v) is 2.69. The van der Waals surface area contributed by atoms with Crippen molar-refractivity contribution >= 4 is 23.2 Å². The highest BCUT2D eigenvalue weighted by Crippen LogP contribution is 2.24. The number of primary amides is 1. The van der Waals surface area contributed by atoms with Gasteiger partial charge in [0.15, 0.2) is 5.92 Å². The van der Waals surface area contributed by atoms with Gasteiger partial charge in [0.05, 0.1) is 0 Å². The topological polar surface area (TPSA) is 69.4 Å². The number of carbonyl (C=O) groups is 2. The molecule has 0 saturated carbocycles. The molecule has 0 spiro atoms. The van der Waals surface area contributed by atoms with E-state index in [0.717, 1.165) is 0 Å². The van der Waals surface area contributed by atoms with Gasteiger partial charge in [0.25, 0.3) is 0 Å². The second-order valence-electron chi connectivity index (χ2n) is 4.38. The molecule has 16 heavy (non-hydrogen) atoms. The Hall–Kier alpha value is -1.36. The number of ether oxygens (including phenoxy) is 1. The van der Waals surface area contributed by atoms with Gasteiger partial charge in [-0.05, 0) is 32.2 Å². The van der Waals surface area contributed by atoms with Crippen molar-refractivity contribution in [2.45, 2.75) is 32.3 Å². The zero-order chi connectivity index (χ0) is 12.3. The molecule has 0 saturated heterocycles. The Morgan fingerprint density at radius 3 is 2.44 bits per heavy atom. The molecule has 0 fully saturated rings. The van der Waals surface area contributed by atoms with Crippen molar-refractivity contribution in [3.63, 3.8) is 0 Å². The first-order chi connectivity index (χ1) is 7.31. The highest BCUT2D eigenvalue weighted by Gasteiger charge is 2.31. The quantitative estimate of drug-likeness (QED) is 0.646. The normalized spacial score (nSPS) is 13.2. The third-order valence-electron chi connectivity index (χ3n) is 1.75. The van der Waals surface area contributed by atoms with Crippen LogP contribution in [0.2, 0.25) is 0 Å². The second-order valence-corrected chi connectivity index (χ2v) is 5.36. The summed E-state index contributed by atoms with van der Waals surface area (Å²) in [6.07, 6.45) is 0. The van der Waals surface area contributed by atoms with Crippen LogP contribution < -0.4 is 5.73 Å². The Bertz CT molecular complexity index is 378. The minimum Gasteiger partial charge on any atom is -0.459 e. The van der Waals surface area contributed by atoms with Crippen LogP contribution in [0.25, 0.3) is 0 Å². The first-order valence-electron chi connectivity index (χ1n) is 4.87. The van der Waals surface area contributed by atoms with Crippen LogP contribution in [0.15, 0.2) is 17.5 Å². The van der Waals surface area contributed by atoms with Crippen LogP contribution in [0, 0.1) is 0 Å². The molecule has 2 N–H and O–H groups in total. The molecule has 1 heterocycles. The first-order valence-corrected chi connectivity index (χ1v) is 5.75. The largest absolute Gasteiger partial charge is 0.459 e. The van der Waals surface area contributed by atoms with E-state index in [1.807, 2.05) is 0 Å². The van der Waals surface area contributed by atoms with E-state index in [2.05, 4.69) is 0 Å². The fourth-order valence-corrected chi connectivity index (χ4v) is 2.01. The number of hydrogen-bond donors (Lipinski definition) is 1. The zero-order valence-electron chi connectivity index (χ0n) is 9.52. The molecule has 0 bridgehead atoms. The van der Waals surface area contributed by atoms with Gasteiger partial charge in [-0.1, -0.05) is 6.07 Å². The predicted molar refractivity (Wildman–Crippen MR) is 62.1 cm³/mol. The summed E-state index contributed by atoms with van der Waals surface area (Å²) in [7, 11) is 0. The van der Waals surface area contributed by atoms with Gasteiger partial charge in [0.2, 0.25) is 5.91 Å². The fourth-order valence-electron chi connectivity index (χ4n) is 1.19. The van der Waals surface area contributed by atoms with Gasteiger partial charge in [-0.2, -0.15) is 0 Å². The van der Waals surface area contributed by atoms with E-state index in [0.29, 0.717) is 4.88 Å². The maximum absolute atomic E-state index is 11.8. The summed E-state index contributed by atoms with van der Waals surface area (Å²) in [6, 6.07) is 3.46. The van der Waals surface area contributed by atoms with Crippen LogP contribution in [-0.2, 0) is 14.3 Å². The highest BCUT2D eigenvalue weighted by molar-refractivity contribution is 7.10. The number of amides is 1. The van der Waals surface area contributed by atoms with Gasteiger partial charge >= 0.3 is 5.97 Å². The van der Waals surface area contributed by atoms with Crippen molar-refractivity contribution in [3.05, 3.63) is 22.4 Å². The Labute approximate surface area is 98.4 Å². The van der Waals surface area contributed by atoms with E-state index >= 15 is 0 Å². The lowest BCUT2D eigenvalue weighted by molar-refractivity contribution is -0.158. The van der Waals surface area contributed by atoms with Gasteiger partial charge in [-0.25, -0.2) is 0 Å². The van der Waals surface area contributed by atoms with Crippen molar-refractivity contribution in [1.82, 2.24) is 0 Å². The highest BCUT2D eigenvalue weighted by atomic mass is 32.1. The van der Waals surface area contributed by atoms with Crippen LogP contribution in [-0.4, -0.2) is 17.5 Å².